The largest absolute Gasteiger partial charge is 0.384 e. The van der Waals surface area contributed by atoms with Gasteiger partial charge in [0.15, 0.2) is 5.16 Å². The standard InChI is InChI=1S/C13H12F2N4OS/c1-7-5-10(16)18-13(17-7)21-6-11(20)19-12-8(14)3-2-4-9(12)15/h2-5H,6H2,1H3,(H,19,20)(H2,16,17,18). The van der Waals surface area contributed by atoms with E-state index in [0.717, 1.165) is 23.9 Å². The van der Waals surface area contributed by atoms with Crippen molar-refractivity contribution < 1.29 is 13.6 Å². The van der Waals surface area contributed by atoms with Gasteiger partial charge in [-0.3, -0.25) is 4.79 Å². The molecule has 2 aromatic rings. The van der Waals surface area contributed by atoms with Crippen LogP contribution in [-0.4, -0.2) is 21.6 Å². The third-order valence-electron chi connectivity index (χ3n) is 2.41. The van der Waals surface area contributed by atoms with Crippen LogP contribution < -0.4 is 11.1 Å². The Morgan fingerprint density at radius 1 is 1.33 bits per heavy atom. The number of carbonyl (C=O) groups excluding carboxylic acids is 1. The van der Waals surface area contributed by atoms with Crippen LogP contribution in [0.5, 0.6) is 0 Å². The zero-order valence-corrected chi connectivity index (χ0v) is 11.9. The molecule has 0 bridgehead atoms. The van der Waals surface area contributed by atoms with Crippen molar-refractivity contribution in [3.63, 3.8) is 0 Å². The molecule has 1 heterocycles. The molecule has 0 atom stereocenters. The first kappa shape index (κ1) is 15.2. The van der Waals surface area contributed by atoms with Crippen LogP contribution in [0.25, 0.3) is 0 Å². The van der Waals surface area contributed by atoms with Crippen LogP contribution in [0.3, 0.4) is 0 Å². The van der Waals surface area contributed by atoms with Gasteiger partial charge in [0.2, 0.25) is 5.91 Å². The monoisotopic (exact) mass is 310 g/mol. The van der Waals surface area contributed by atoms with Gasteiger partial charge in [0.05, 0.1) is 5.75 Å². The number of nitrogens with two attached hydrogens (primary N) is 1. The van der Waals surface area contributed by atoms with E-state index in [1.165, 1.54) is 6.07 Å². The Hall–Kier alpha value is -2.22. The Kier molecular flexibility index (Phi) is 4.69. The Labute approximate surface area is 124 Å². The average Bonchev–Trinajstić information content (AvgIpc) is 2.40. The lowest BCUT2D eigenvalue weighted by molar-refractivity contribution is -0.113. The van der Waals surface area contributed by atoms with Gasteiger partial charge in [0, 0.05) is 11.8 Å². The normalized spacial score (nSPS) is 10.4. The number of aryl methyl sites for hydroxylation is 1. The van der Waals surface area contributed by atoms with Crippen molar-refractivity contribution in [1.29, 1.82) is 0 Å². The summed E-state index contributed by atoms with van der Waals surface area (Å²) < 4.78 is 26.8. The fourth-order valence-corrected chi connectivity index (χ4v) is 2.26. The number of nitrogens with one attached hydrogen (secondary N) is 1. The van der Waals surface area contributed by atoms with Crippen LogP contribution in [0.1, 0.15) is 5.69 Å². The molecular formula is C13H12F2N4OS. The molecule has 0 unspecified atom stereocenters. The van der Waals surface area contributed by atoms with Crippen molar-refractivity contribution in [1.82, 2.24) is 9.97 Å². The van der Waals surface area contributed by atoms with Gasteiger partial charge in [-0.2, -0.15) is 0 Å². The van der Waals surface area contributed by atoms with Gasteiger partial charge < -0.3 is 11.1 Å². The van der Waals surface area contributed by atoms with Crippen LogP contribution in [-0.2, 0) is 4.79 Å². The fraction of sp³-hybridized carbons (Fsp3) is 0.154. The molecule has 0 aliphatic heterocycles. The molecule has 0 fully saturated rings. The highest BCUT2D eigenvalue weighted by molar-refractivity contribution is 7.99. The summed E-state index contributed by atoms with van der Waals surface area (Å²) in [5.74, 6) is -2.01. The third-order valence-corrected chi connectivity index (χ3v) is 3.26. The molecule has 0 saturated carbocycles. The molecule has 5 nitrogen and oxygen atoms in total. The highest BCUT2D eigenvalue weighted by Gasteiger charge is 2.12. The van der Waals surface area contributed by atoms with Gasteiger partial charge in [-0.25, -0.2) is 18.7 Å². The van der Waals surface area contributed by atoms with E-state index in [-0.39, 0.29) is 5.75 Å². The molecule has 3 N–H and O–H groups in total. The van der Waals surface area contributed by atoms with Gasteiger partial charge in [-0.15, -0.1) is 0 Å². The number of nitrogen functional groups attached to an aromatic ring is 1. The number of halogens is 2. The van der Waals surface area contributed by atoms with Crippen LogP contribution in [0.2, 0.25) is 0 Å². The minimum absolute atomic E-state index is 0.0866. The number of carbonyl (C=O) groups is 1. The molecule has 110 valence electrons. The highest BCUT2D eigenvalue weighted by atomic mass is 32.2. The number of amides is 1. The molecule has 8 heteroatoms. The summed E-state index contributed by atoms with van der Waals surface area (Å²) in [7, 11) is 0. The van der Waals surface area contributed by atoms with Crippen molar-refractivity contribution in [2.24, 2.45) is 0 Å². The number of hydrogen-bond acceptors (Lipinski definition) is 5. The SMILES string of the molecule is Cc1cc(N)nc(SCC(=O)Nc2c(F)cccc2F)n1. The van der Waals surface area contributed by atoms with Crippen molar-refractivity contribution in [3.8, 4) is 0 Å². The maximum Gasteiger partial charge on any atom is 0.235 e. The van der Waals surface area contributed by atoms with Crippen LogP contribution in [0.4, 0.5) is 20.3 Å². The summed E-state index contributed by atoms with van der Waals surface area (Å²) in [5, 5.41) is 2.51. The lowest BCUT2D eigenvalue weighted by Crippen LogP contribution is -2.16. The highest BCUT2D eigenvalue weighted by Crippen LogP contribution is 2.19. The van der Waals surface area contributed by atoms with E-state index in [2.05, 4.69) is 15.3 Å². The first-order valence-electron chi connectivity index (χ1n) is 5.93. The Morgan fingerprint density at radius 3 is 2.62 bits per heavy atom. The number of anilines is 2. The van der Waals surface area contributed by atoms with Crippen molar-refractivity contribution in [3.05, 3.63) is 41.6 Å². The van der Waals surface area contributed by atoms with Gasteiger partial charge in [0.1, 0.15) is 23.1 Å². The van der Waals surface area contributed by atoms with E-state index in [9.17, 15) is 13.6 Å². The smallest absolute Gasteiger partial charge is 0.235 e. The van der Waals surface area contributed by atoms with Crippen molar-refractivity contribution in [2.75, 3.05) is 16.8 Å². The minimum Gasteiger partial charge on any atom is -0.384 e. The number of thioether (sulfide) groups is 1. The lowest BCUT2D eigenvalue weighted by Gasteiger charge is -2.07. The van der Waals surface area contributed by atoms with E-state index >= 15 is 0 Å². The summed E-state index contributed by atoms with van der Waals surface area (Å²) in [4.78, 5) is 19.7. The number of benzene rings is 1. The Bertz CT molecular complexity index is 641. The number of nitrogens with zero attached hydrogens (tertiary/aromatic N) is 2. The van der Waals surface area contributed by atoms with Gasteiger partial charge in [-0.1, -0.05) is 17.8 Å². The minimum atomic E-state index is -0.829. The van der Waals surface area contributed by atoms with E-state index < -0.39 is 23.2 Å². The van der Waals surface area contributed by atoms with E-state index in [1.807, 2.05) is 0 Å². The molecule has 1 amide bonds. The predicted molar refractivity (Wildman–Crippen MR) is 76.9 cm³/mol. The molecule has 21 heavy (non-hydrogen) atoms. The molecule has 0 aliphatic carbocycles. The molecule has 2 rings (SSSR count). The number of aromatic nitrogens is 2. The second-order valence-electron chi connectivity index (χ2n) is 4.15. The lowest BCUT2D eigenvalue weighted by atomic mass is 10.3. The Morgan fingerprint density at radius 2 is 2.00 bits per heavy atom. The van der Waals surface area contributed by atoms with Gasteiger partial charge in [-0.05, 0) is 19.1 Å². The molecule has 0 aliphatic rings. The van der Waals surface area contributed by atoms with E-state index in [4.69, 9.17) is 5.73 Å². The first-order chi connectivity index (χ1) is 9.95. The molecular weight excluding hydrogens is 298 g/mol. The summed E-state index contributed by atoms with van der Waals surface area (Å²) in [5.41, 5.74) is 5.77. The zero-order chi connectivity index (χ0) is 15.4. The summed E-state index contributed by atoms with van der Waals surface area (Å²) in [6.07, 6.45) is 0. The maximum atomic E-state index is 13.4. The summed E-state index contributed by atoms with van der Waals surface area (Å²) in [6.45, 7) is 1.75. The van der Waals surface area contributed by atoms with Gasteiger partial charge >= 0.3 is 0 Å². The van der Waals surface area contributed by atoms with E-state index in [0.29, 0.717) is 16.7 Å². The maximum absolute atomic E-state index is 13.4. The second-order valence-corrected chi connectivity index (χ2v) is 5.09. The van der Waals surface area contributed by atoms with Crippen molar-refractivity contribution in [2.45, 2.75) is 12.1 Å². The fourth-order valence-electron chi connectivity index (χ4n) is 1.55. The quantitative estimate of drug-likeness (QED) is 0.669. The van der Waals surface area contributed by atoms with Crippen LogP contribution in [0.15, 0.2) is 29.4 Å². The van der Waals surface area contributed by atoms with Crippen molar-refractivity contribution >= 4 is 29.2 Å². The number of rotatable bonds is 4. The zero-order valence-electron chi connectivity index (χ0n) is 11.1. The number of para-hydroxylation sites is 1. The molecule has 0 saturated heterocycles. The Balaban J connectivity index is 1.99. The first-order valence-corrected chi connectivity index (χ1v) is 6.92. The summed E-state index contributed by atoms with van der Waals surface area (Å²) >= 11 is 1.03. The third kappa shape index (κ3) is 4.12. The molecule has 1 aromatic carbocycles. The second kappa shape index (κ2) is 6.49. The molecule has 1 aromatic heterocycles. The van der Waals surface area contributed by atoms with Gasteiger partial charge in [0.25, 0.3) is 0 Å². The molecule has 0 spiro atoms. The predicted octanol–water partition coefficient (Wildman–Crippen LogP) is 2.38. The van der Waals surface area contributed by atoms with Crippen LogP contribution >= 0.6 is 11.8 Å². The molecule has 0 radical (unpaired) electrons. The average molecular weight is 310 g/mol. The number of hydrogen-bond donors (Lipinski definition) is 2. The van der Waals surface area contributed by atoms with E-state index in [1.54, 1.807) is 13.0 Å². The summed E-state index contributed by atoms with van der Waals surface area (Å²) in [6, 6.07) is 4.95. The van der Waals surface area contributed by atoms with Crippen LogP contribution in [0, 0.1) is 18.6 Å². The topological polar surface area (TPSA) is 80.9 Å².